The minimum Gasteiger partial charge on any atom is -0.341 e. The van der Waals surface area contributed by atoms with E-state index in [1.54, 1.807) is 4.90 Å². The minimum absolute atomic E-state index is 0.0241. The Hall–Kier alpha value is -2.01. The topological polar surface area (TPSA) is 83.9 Å². The Labute approximate surface area is 143 Å². The number of nitrogens with zero attached hydrogens (tertiary/aromatic N) is 5. The average Bonchev–Trinajstić information content (AvgIpc) is 2.98. The van der Waals surface area contributed by atoms with Crippen LogP contribution in [0, 0.1) is 0 Å². The van der Waals surface area contributed by atoms with Crippen molar-refractivity contribution in [3.63, 3.8) is 0 Å². The van der Waals surface area contributed by atoms with Crippen molar-refractivity contribution in [2.75, 3.05) is 23.3 Å². The highest BCUT2D eigenvalue weighted by molar-refractivity contribution is 7.15. The molecule has 0 unspecified atom stereocenters. The van der Waals surface area contributed by atoms with Gasteiger partial charge < -0.3 is 4.90 Å². The lowest BCUT2D eigenvalue weighted by molar-refractivity contribution is -0.138. The summed E-state index contributed by atoms with van der Waals surface area (Å²) in [5, 5.41) is 7.00. The Bertz CT molecular complexity index is 734. The molecule has 0 saturated carbocycles. The van der Waals surface area contributed by atoms with Crippen LogP contribution in [0.4, 0.5) is 24.3 Å². The molecular formula is C12H12ClF3N6OS. The third kappa shape index (κ3) is 4.09. The van der Waals surface area contributed by atoms with Gasteiger partial charge in [-0.1, -0.05) is 22.9 Å². The lowest BCUT2D eigenvalue weighted by Gasteiger charge is -2.18. The number of rotatable bonds is 5. The van der Waals surface area contributed by atoms with E-state index >= 15 is 0 Å². The minimum atomic E-state index is -4.62. The highest BCUT2D eigenvalue weighted by atomic mass is 35.5. The van der Waals surface area contributed by atoms with E-state index in [0.717, 1.165) is 0 Å². The number of anilines is 2. The van der Waals surface area contributed by atoms with Crippen LogP contribution < -0.4 is 10.2 Å². The van der Waals surface area contributed by atoms with Crippen LogP contribution >= 0.6 is 22.9 Å². The van der Waals surface area contributed by atoms with Crippen LogP contribution in [0.3, 0.4) is 0 Å². The van der Waals surface area contributed by atoms with Crippen LogP contribution in [0.2, 0.25) is 5.02 Å². The van der Waals surface area contributed by atoms with Crippen molar-refractivity contribution < 1.29 is 18.0 Å². The number of hydrogen-bond acceptors (Lipinski definition) is 7. The summed E-state index contributed by atoms with van der Waals surface area (Å²) in [5.74, 6) is -0.497. The first-order valence-corrected chi connectivity index (χ1v) is 7.95. The van der Waals surface area contributed by atoms with Gasteiger partial charge >= 0.3 is 6.18 Å². The lowest BCUT2D eigenvalue weighted by atomic mass is 10.4. The van der Waals surface area contributed by atoms with Crippen LogP contribution in [-0.2, 0) is 6.18 Å². The molecule has 12 heteroatoms. The van der Waals surface area contributed by atoms with Crippen molar-refractivity contribution in [3.8, 4) is 0 Å². The van der Waals surface area contributed by atoms with E-state index in [9.17, 15) is 18.0 Å². The normalized spacial score (nSPS) is 11.4. The van der Waals surface area contributed by atoms with E-state index in [1.165, 1.54) is 6.20 Å². The summed E-state index contributed by atoms with van der Waals surface area (Å²) in [5.41, 5.74) is -0.155. The van der Waals surface area contributed by atoms with Gasteiger partial charge in [-0.05, 0) is 13.8 Å². The Morgan fingerprint density at radius 3 is 2.54 bits per heavy atom. The standard InChI is InChI=1S/C12H12ClF3N6OS/c1-3-22(4-2)10-17-5-6(13)7(18-10)8(23)19-11-21-20-9(24-11)12(14,15)16/h5H,3-4H2,1-2H3,(H,19,21,23). The van der Waals surface area contributed by atoms with Gasteiger partial charge in [-0.3, -0.25) is 10.1 Å². The zero-order valence-electron chi connectivity index (χ0n) is 12.6. The molecule has 0 aliphatic carbocycles. The molecule has 0 aromatic carbocycles. The van der Waals surface area contributed by atoms with Crippen molar-refractivity contribution in [2.45, 2.75) is 20.0 Å². The van der Waals surface area contributed by atoms with Gasteiger partial charge in [-0.2, -0.15) is 13.2 Å². The largest absolute Gasteiger partial charge is 0.445 e. The number of hydrogen-bond donors (Lipinski definition) is 1. The molecule has 0 atom stereocenters. The van der Waals surface area contributed by atoms with Gasteiger partial charge in [0.05, 0.1) is 11.2 Å². The van der Waals surface area contributed by atoms with Gasteiger partial charge in [0.15, 0.2) is 5.69 Å². The first kappa shape index (κ1) is 18.3. The highest BCUT2D eigenvalue weighted by Crippen LogP contribution is 2.33. The van der Waals surface area contributed by atoms with E-state index in [1.807, 2.05) is 13.8 Å². The molecule has 2 heterocycles. The highest BCUT2D eigenvalue weighted by Gasteiger charge is 2.36. The van der Waals surface area contributed by atoms with Crippen molar-refractivity contribution in [2.24, 2.45) is 0 Å². The molecule has 0 radical (unpaired) electrons. The summed E-state index contributed by atoms with van der Waals surface area (Å²) in [6.45, 7) is 5.01. The second kappa shape index (κ2) is 7.26. The molecule has 0 saturated heterocycles. The van der Waals surface area contributed by atoms with Crippen molar-refractivity contribution in [1.82, 2.24) is 20.2 Å². The first-order valence-electron chi connectivity index (χ1n) is 6.75. The fourth-order valence-corrected chi connectivity index (χ4v) is 2.50. The Balaban J connectivity index is 2.23. The molecule has 130 valence electrons. The van der Waals surface area contributed by atoms with E-state index in [2.05, 4.69) is 25.5 Å². The number of alkyl halides is 3. The van der Waals surface area contributed by atoms with E-state index in [4.69, 9.17) is 11.6 Å². The van der Waals surface area contributed by atoms with Crippen molar-refractivity contribution in [3.05, 3.63) is 21.9 Å². The summed E-state index contributed by atoms with van der Waals surface area (Å²) < 4.78 is 37.5. The predicted molar refractivity (Wildman–Crippen MR) is 83.5 cm³/mol. The van der Waals surface area contributed by atoms with Crippen LogP contribution in [0.15, 0.2) is 6.20 Å². The fourth-order valence-electron chi connectivity index (χ4n) is 1.72. The molecule has 2 rings (SSSR count). The lowest BCUT2D eigenvalue weighted by Crippen LogP contribution is -2.25. The molecule has 0 bridgehead atoms. The maximum absolute atomic E-state index is 12.5. The summed E-state index contributed by atoms with van der Waals surface area (Å²) in [4.78, 5) is 22.1. The molecule has 1 amide bonds. The molecule has 2 aromatic rings. The van der Waals surface area contributed by atoms with Gasteiger partial charge in [0.2, 0.25) is 16.1 Å². The third-order valence-corrected chi connectivity index (χ3v) is 4.04. The van der Waals surface area contributed by atoms with E-state index in [-0.39, 0.29) is 27.2 Å². The van der Waals surface area contributed by atoms with Crippen LogP contribution in [0.1, 0.15) is 29.3 Å². The average molecular weight is 381 g/mol. The maximum Gasteiger partial charge on any atom is 0.445 e. The molecule has 0 fully saturated rings. The van der Waals surface area contributed by atoms with E-state index in [0.29, 0.717) is 19.0 Å². The number of carbonyl (C=O) groups excluding carboxylic acids is 1. The molecule has 24 heavy (non-hydrogen) atoms. The number of amides is 1. The number of carbonyl (C=O) groups is 1. The number of aromatic nitrogens is 4. The molecule has 0 aliphatic rings. The molecule has 0 aliphatic heterocycles. The summed E-state index contributed by atoms with van der Waals surface area (Å²) in [6, 6.07) is 0. The summed E-state index contributed by atoms with van der Waals surface area (Å²) in [6.07, 6.45) is -3.36. The van der Waals surface area contributed by atoms with E-state index < -0.39 is 17.1 Å². The number of nitrogens with one attached hydrogen (secondary N) is 1. The van der Waals surface area contributed by atoms with Gasteiger partial charge in [-0.25, -0.2) is 9.97 Å². The van der Waals surface area contributed by atoms with Gasteiger partial charge in [0.25, 0.3) is 5.91 Å². The van der Waals surface area contributed by atoms with Crippen LogP contribution in [0.25, 0.3) is 0 Å². The predicted octanol–water partition coefficient (Wildman–Crippen LogP) is 3.10. The number of halogens is 4. The van der Waals surface area contributed by atoms with Crippen LogP contribution in [-0.4, -0.2) is 39.2 Å². The van der Waals surface area contributed by atoms with Gasteiger partial charge in [0.1, 0.15) is 0 Å². The second-order valence-corrected chi connectivity index (χ2v) is 5.79. The van der Waals surface area contributed by atoms with Gasteiger partial charge in [-0.15, -0.1) is 10.2 Å². The summed E-state index contributed by atoms with van der Waals surface area (Å²) in [7, 11) is 0. The molecule has 2 aromatic heterocycles. The summed E-state index contributed by atoms with van der Waals surface area (Å²) >= 11 is 6.12. The zero-order chi connectivity index (χ0) is 17.9. The Kier molecular flexibility index (Phi) is 5.54. The monoisotopic (exact) mass is 380 g/mol. The SMILES string of the molecule is CCN(CC)c1ncc(Cl)c(C(=O)Nc2nnc(C(F)(F)F)s2)n1. The fraction of sp³-hybridized carbons (Fsp3) is 0.417. The Morgan fingerprint density at radius 2 is 2.00 bits per heavy atom. The first-order chi connectivity index (χ1) is 11.3. The van der Waals surface area contributed by atoms with Crippen LogP contribution in [0.5, 0.6) is 0 Å². The smallest absolute Gasteiger partial charge is 0.341 e. The molecular weight excluding hydrogens is 369 g/mol. The maximum atomic E-state index is 12.5. The molecule has 0 spiro atoms. The Morgan fingerprint density at radius 1 is 1.33 bits per heavy atom. The molecule has 7 nitrogen and oxygen atoms in total. The second-order valence-electron chi connectivity index (χ2n) is 4.40. The third-order valence-electron chi connectivity index (χ3n) is 2.88. The molecule has 1 N–H and O–H groups in total. The quantitative estimate of drug-likeness (QED) is 0.858. The zero-order valence-corrected chi connectivity index (χ0v) is 14.1. The van der Waals surface area contributed by atoms with Crippen molar-refractivity contribution >= 4 is 39.9 Å². The van der Waals surface area contributed by atoms with Crippen molar-refractivity contribution in [1.29, 1.82) is 0 Å². The van der Waals surface area contributed by atoms with Gasteiger partial charge in [0, 0.05) is 13.1 Å².